The molecule has 1 unspecified atom stereocenters. The number of hydrogen-bond donors (Lipinski definition) is 1. The van der Waals surface area contributed by atoms with Gasteiger partial charge in [-0.05, 0) is 18.1 Å². The molecule has 1 aromatic rings. The van der Waals surface area contributed by atoms with E-state index in [0.29, 0.717) is 5.88 Å². The summed E-state index contributed by atoms with van der Waals surface area (Å²) < 4.78 is 4.92. The van der Waals surface area contributed by atoms with Crippen molar-refractivity contribution in [1.29, 1.82) is 0 Å². The fourth-order valence-corrected chi connectivity index (χ4v) is 1.15. The van der Waals surface area contributed by atoms with Gasteiger partial charge in [0.05, 0.1) is 13.2 Å². The van der Waals surface area contributed by atoms with Crippen LogP contribution in [0.25, 0.3) is 0 Å². The highest BCUT2D eigenvalue weighted by Gasteiger charge is 2.06. The molecule has 0 amide bonds. The van der Waals surface area contributed by atoms with Gasteiger partial charge in [-0.15, -0.1) is 0 Å². The van der Waals surface area contributed by atoms with Crippen molar-refractivity contribution in [2.45, 2.75) is 25.9 Å². The average molecular weight is 181 g/mol. The third-order valence-electron chi connectivity index (χ3n) is 1.92. The van der Waals surface area contributed by atoms with Gasteiger partial charge in [0, 0.05) is 12.3 Å². The van der Waals surface area contributed by atoms with E-state index in [9.17, 15) is 5.11 Å². The van der Waals surface area contributed by atoms with E-state index in [1.807, 2.05) is 13.0 Å². The predicted molar refractivity (Wildman–Crippen MR) is 50.7 cm³/mol. The Morgan fingerprint density at radius 2 is 2.31 bits per heavy atom. The summed E-state index contributed by atoms with van der Waals surface area (Å²) in [4.78, 5) is 4.02. The molecule has 13 heavy (non-hydrogen) atoms. The average Bonchev–Trinajstić information content (AvgIpc) is 2.18. The van der Waals surface area contributed by atoms with E-state index in [4.69, 9.17) is 4.74 Å². The molecule has 1 atom stereocenters. The van der Waals surface area contributed by atoms with Crippen LogP contribution in [0.2, 0.25) is 0 Å². The minimum Gasteiger partial charge on any atom is -0.481 e. The Labute approximate surface area is 78.4 Å². The van der Waals surface area contributed by atoms with E-state index in [0.717, 1.165) is 18.4 Å². The van der Waals surface area contributed by atoms with Gasteiger partial charge in [0.15, 0.2) is 0 Å². The Balaban J connectivity index is 2.67. The largest absolute Gasteiger partial charge is 0.481 e. The van der Waals surface area contributed by atoms with Crippen LogP contribution in [0.1, 0.15) is 31.4 Å². The standard InChI is InChI=1S/C10H15NO2/c1-3-4-9(12)8-5-6-10(13-2)11-7-8/h5-7,9,12H,3-4H2,1-2H3. The summed E-state index contributed by atoms with van der Waals surface area (Å²) in [6.07, 6.45) is 2.99. The van der Waals surface area contributed by atoms with Crippen LogP contribution in [0.3, 0.4) is 0 Å². The maximum absolute atomic E-state index is 9.60. The number of methoxy groups -OCH3 is 1. The molecule has 72 valence electrons. The first-order valence-corrected chi connectivity index (χ1v) is 4.46. The molecular weight excluding hydrogens is 166 g/mol. The Hall–Kier alpha value is -1.09. The van der Waals surface area contributed by atoms with Crippen molar-refractivity contribution >= 4 is 0 Å². The monoisotopic (exact) mass is 181 g/mol. The van der Waals surface area contributed by atoms with Gasteiger partial charge < -0.3 is 9.84 Å². The predicted octanol–water partition coefficient (Wildman–Crippen LogP) is 1.92. The Kier molecular flexibility index (Phi) is 3.71. The molecule has 0 aromatic carbocycles. The van der Waals surface area contributed by atoms with Gasteiger partial charge in [0.2, 0.25) is 5.88 Å². The number of aliphatic hydroxyl groups excluding tert-OH is 1. The number of aromatic nitrogens is 1. The van der Waals surface area contributed by atoms with Crippen molar-refractivity contribution in [2.24, 2.45) is 0 Å². The lowest BCUT2D eigenvalue weighted by Crippen LogP contribution is -1.97. The smallest absolute Gasteiger partial charge is 0.212 e. The maximum atomic E-state index is 9.60. The fraction of sp³-hybridized carbons (Fsp3) is 0.500. The first kappa shape index (κ1) is 9.99. The van der Waals surface area contributed by atoms with Crippen molar-refractivity contribution in [2.75, 3.05) is 7.11 Å². The normalized spacial score (nSPS) is 12.5. The van der Waals surface area contributed by atoms with E-state index in [2.05, 4.69) is 4.98 Å². The Morgan fingerprint density at radius 1 is 1.54 bits per heavy atom. The molecule has 1 rings (SSSR count). The van der Waals surface area contributed by atoms with Gasteiger partial charge >= 0.3 is 0 Å². The summed E-state index contributed by atoms with van der Waals surface area (Å²) >= 11 is 0. The quantitative estimate of drug-likeness (QED) is 0.771. The van der Waals surface area contributed by atoms with Crippen molar-refractivity contribution in [3.63, 3.8) is 0 Å². The van der Waals surface area contributed by atoms with E-state index in [1.54, 1.807) is 19.4 Å². The van der Waals surface area contributed by atoms with Crippen LogP contribution >= 0.6 is 0 Å². The number of pyridine rings is 1. The summed E-state index contributed by atoms with van der Waals surface area (Å²) in [5, 5.41) is 9.60. The minimum absolute atomic E-state index is 0.400. The van der Waals surface area contributed by atoms with Crippen LogP contribution in [0, 0.1) is 0 Å². The SMILES string of the molecule is CCCC(O)c1ccc(OC)nc1. The molecule has 3 nitrogen and oxygen atoms in total. The van der Waals surface area contributed by atoms with Gasteiger partial charge in [0.25, 0.3) is 0 Å². The first-order chi connectivity index (χ1) is 6.27. The molecule has 0 saturated carbocycles. The second kappa shape index (κ2) is 4.82. The number of hydrogen-bond acceptors (Lipinski definition) is 3. The zero-order valence-electron chi connectivity index (χ0n) is 8.03. The van der Waals surface area contributed by atoms with Gasteiger partial charge in [-0.2, -0.15) is 0 Å². The highest BCUT2D eigenvalue weighted by Crippen LogP contribution is 2.18. The molecule has 0 radical (unpaired) electrons. The molecule has 3 heteroatoms. The number of nitrogens with zero attached hydrogens (tertiary/aromatic N) is 1. The van der Waals surface area contributed by atoms with Crippen LogP contribution in [-0.4, -0.2) is 17.2 Å². The fourth-order valence-electron chi connectivity index (χ4n) is 1.15. The van der Waals surface area contributed by atoms with Crippen molar-refractivity contribution in [3.05, 3.63) is 23.9 Å². The zero-order chi connectivity index (χ0) is 9.68. The molecule has 0 spiro atoms. The molecule has 0 aliphatic heterocycles. The van der Waals surface area contributed by atoms with Gasteiger partial charge in [0.1, 0.15) is 0 Å². The molecule has 1 aromatic heterocycles. The van der Waals surface area contributed by atoms with Crippen LogP contribution in [0.15, 0.2) is 18.3 Å². The second-order valence-corrected chi connectivity index (χ2v) is 2.94. The van der Waals surface area contributed by atoms with Crippen LogP contribution in [0.5, 0.6) is 5.88 Å². The summed E-state index contributed by atoms with van der Waals surface area (Å²) in [6, 6.07) is 3.60. The van der Waals surface area contributed by atoms with Crippen molar-refractivity contribution < 1.29 is 9.84 Å². The highest BCUT2D eigenvalue weighted by molar-refractivity contribution is 5.19. The summed E-state index contributed by atoms with van der Waals surface area (Å²) in [5.41, 5.74) is 0.850. The lowest BCUT2D eigenvalue weighted by atomic mass is 10.1. The lowest BCUT2D eigenvalue weighted by molar-refractivity contribution is 0.166. The third kappa shape index (κ3) is 2.70. The van der Waals surface area contributed by atoms with Crippen LogP contribution < -0.4 is 4.74 Å². The molecule has 1 heterocycles. The lowest BCUT2D eigenvalue weighted by Gasteiger charge is -2.08. The minimum atomic E-state index is -0.400. The van der Waals surface area contributed by atoms with E-state index >= 15 is 0 Å². The Bertz CT molecular complexity index is 246. The molecule has 0 aliphatic carbocycles. The van der Waals surface area contributed by atoms with Crippen molar-refractivity contribution in [1.82, 2.24) is 4.98 Å². The van der Waals surface area contributed by atoms with E-state index in [1.165, 1.54) is 0 Å². The Morgan fingerprint density at radius 3 is 2.77 bits per heavy atom. The van der Waals surface area contributed by atoms with Crippen LogP contribution in [0.4, 0.5) is 0 Å². The molecule has 1 N–H and O–H groups in total. The zero-order valence-corrected chi connectivity index (χ0v) is 8.03. The van der Waals surface area contributed by atoms with Gasteiger partial charge in [-0.25, -0.2) is 4.98 Å². The van der Waals surface area contributed by atoms with Gasteiger partial charge in [-0.3, -0.25) is 0 Å². The first-order valence-electron chi connectivity index (χ1n) is 4.46. The summed E-state index contributed by atoms with van der Waals surface area (Å²) in [7, 11) is 1.57. The number of rotatable bonds is 4. The van der Waals surface area contributed by atoms with Gasteiger partial charge in [-0.1, -0.05) is 13.3 Å². The van der Waals surface area contributed by atoms with Crippen molar-refractivity contribution in [3.8, 4) is 5.88 Å². The van der Waals surface area contributed by atoms with E-state index in [-0.39, 0.29) is 0 Å². The molecule has 0 fully saturated rings. The van der Waals surface area contributed by atoms with E-state index < -0.39 is 6.10 Å². The topological polar surface area (TPSA) is 42.4 Å². The summed E-state index contributed by atoms with van der Waals surface area (Å²) in [5.74, 6) is 0.576. The summed E-state index contributed by atoms with van der Waals surface area (Å²) in [6.45, 7) is 2.04. The van der Waals surface area contributed by atoms with Crippen LogP contribution in [-0.2, 0) is 0 Å². The highest BCUT2D eigenvalue weighted by atomic mass is 16.5. The number of aliphatic hydroxyl groups is 1. The molecule has 0 aliphatic rings. The second-order valence-electron chi connectivity index (χ2n) is 2.94. The third-order valence-corrected chi connectivity index (χ3v) is 1.92. The number of ether oxygens (including phenoxy) is 1. The molecular formula is C10H15NO2. The molecule has 0 saturated heterocycles. The molecule has 0 bridgehead atoms. The maximum Gasteiger partial charge on any atom is 0.212 e.